The second-order valence-electron chi connectivity index (χ2n) is 3.39. The molecule has 0 amide bonds. The van der Waals surface area contributed by atoms with Crippen LogP contribution in [-0.2, 0) is 0 Å². The zero-order valence-electron chi connectivity index (χ0n) is 11.6. The summed E-state index contributed by atoms with van der Waals surface area (Å²) in [5.74, 6) is 0. The van der Waals surface area contributed by atoms with Gasteiger partial charge in [-0.15, -0.1) is 0 Å². The normalized spacial score (nSPS) is 8.67. The Morgan fingerprint density at radius 3 is 2.00 bits per heavy atom. The molecule has 0 aliphatic heterocycles. The molecule has 0 aromatic heterocycles. The van der Waals surface area contributed by atoms with E-state index in [1.807, 2.05) is 33.8 Å². The fraction of sp³-hybridized carbons (Fsp3) is 0.222. The summed E-state index contributed by atoms with van der Waals surface area (Å²) in [7, 11) is 0. The van der Waals surface area contributed by atoms with Crippen molar-refractivity contribution in [2.45, 2.75) is 27.7 Å². The third-order valence-corrected chi connectivity index (χ3v) is 2.47. The van der Waals surface area contributed by atoms with Crippen molar-refractivity contribution in [3.63, 3.8) is 0 Å². The minimum atomic E-state index is 1.13. The Labute approximate surface area is 110 Å². The Balaban J connectivity index is 0.000000371. The molecule has 0 saturated carbocycles. The third kappa shape index (κ3) is 3.02. The lowest BCUT2D eigenvalue weighted by molar-refractivity contribution is 1.50. The van der Waals surface area contributed by atoms with Crippen LogP contribution in [0.15, 0.2) is 48.5 Å². The number of benzene rings is 2. The highest BCUT2D eigenvalue weighted by Crippen LogP contribution is 2.20. The van der Waals surface area contributed by atoms with Crippen LogP contribution in [0, 0.1) is 12.1 Å². The van der Waals surface area contributed by atoms with Gasteiger partial charge in [0, 0.05) is 5.39 Å². The highest BCUT2D eigenvalue weighted by atomic mass is 14.0. The summed E-state index contributed by atoms with van der Waals surface area (Å²) in [6.07, 6.45) is 0. The molecule has 3 aromatic carbocycles. The molecule has 0 heteroatoms. The maximum Gasteiger partial charge on any atom is 0.0327 e. The SMILES string of the molecule is CC.CC.c1ccc2cc3ccccc3cc2c#1. The highest BCUT2D eigenvalue weighted by Gasteiger charge is 1.94. The standard InChI is InChI=1S/C14H8.2C2H6/c1-2-6-12-10-14-8-4-3-7-13(14)9-11(12)5-1;2*1-2/h1-3,5-7,9-10H;2*1-2H3. The molecule has 92 valence electrons. The summed E-state index contributed by atoms with van der Waals surface area (Å²) in [4.78, 5) is 0. The lowest BCUT2D eigenvalue weighted by Gasteiger charge is -1.98. The van der Waals surface area contributed by atoms with Gasteiger partial charge in [0.15, 0.2) is 0 Å². The van der Waals surface area contributed by atoms with Crippen molar-refractivity contribution in [2.24, 2.45) is 0 Å². The van der Waals surface area contributed by atoms with E-state index in [0.717, 1.165) is 5.39 Å². The second kappa shape index (κ2) is 7.35. The van der Waals surface area contributed by atoms with Crippen molar-refractivity contribution in [3.05, 3.63) is 60.7 Å². The average molecular weight is 236 g/mol. The van der Waals surface area contributed by atoms with Crippen LogP contribution in [0.1, 0.15) is 27.7 Å². The molecule has 0 unspecified atom stereocenters. The van der Waals surface area contributed by atoms with E-state index in [-0.39, 0.29) is 0 Å². The van der Waals surface area contributed by atoms with Gasteiger partial charge < -0.3 is 0 Å². The first-order valence-corrected chi connectivity index (χ1v) is 6.64. The van der Waals surface area contributed by atoms with E-state index in [1.165, 1.54) is 16.2 Å². The monoisotopic (exact) mass is 236 g/mol. The summed E-state index contributed by atoms with van der Waals surface area (Å²) in [5.41, 5.74) is 0. The van der Waals surface area contributed by atoms with Gasteiger partial charge in [-0.2, -0.15) is 0 Å². The lowest BCUT2D eigenvalue weighted by atomic mass is 10.1. The lowest BCUT2D eigenvalue weighted by Crippen LogP contribution is -1.73. The van der Waals surface area contributed by atoms with E-state index in [1.54, 1.807) is 0 Å². The third-order valence-electron chi connectivity index (χ3n) is 2.47. The Hall–Kier alpha value is -2.00. The van der Waals surface area contributed by atoms with Crippen LogP contribution in [0.3, 0.4) is 0 Å². The van der Waals surface area contributed by atoms with Gasteiger partial charge in [-0.05, 0) is 40.4 Å². The smallest absolute Gasteiger partial charge is 0.0327 e. The first-order valence-electron chi connectivity index (χ1n) is 6.64. The molecule has 18 heavy (non-hydrogen) atoms. The average Bonchev–Trinajstić information content (AvgIpc) is 2.49. The van der Waals surface area contributed by atoms with Crippen LogP contribution in [0.4, 0.5) is 0 Å². The van der Waals surface area contributed by atoms with E-state index in [4.69, 9.17) is 0 Å². The predicted octanol–water partition coefficient (Wildman–Crippen LogP) is 5.65. The predicted molar refractivity (Wildman–Crippen MR) is 81.8 cm³/mol. The van der Waals surface area contributed by atoms with Gasteiger partial charge in [-0.25, -0.2) is 0 Å². The Morgan fingerprint density at radius 2 is 1.33 bits per heavy atom. The quantitative estimate of drug-likeness (QED) is 0.473. The fourth-order valence-electron chi connectivity index (χ4n) is 1.75. The Kier molecular flexibility index (Phi) is 5.74. The number of rotatable bonds is 0. The van der Waals surface area contributed by atoms with Crippen molar-refractivity contribution < 1.29 is 0 Å². The second-order valence-corrected chi connectivity index (χ2v) is 3.39. The van der Waals surface area contributed by atoms with Crippen LogP contribution in [0.5, 0.6) is 0 Å². The van der Waals surface area contributed by atoms with E-state index in [2.05, 4.69) is 54.6 Å². The molecular weight excluding hydrogens is 216 g/mol. The topological polar surface area (TPSA) is 0 Å². The molecule has 0 aliphatic rings. The molecular formula is C18H20. The van der Waals surface area contributed by atoms with Gasteiger partial charge in [-0.3, -0.25) is 0 Å². The van der Waals surface area contributed by atoms with Crippen LogP contribution < -0.4 is 0 Å². The molecule has 3 aromatic rings. The molecule has 3 rings (SSSR count). The number of hydrogen-bond donors (Lipinski definition) is 0. The summed E-state index contributed by atoms with van der Waals surface area (Å²) in [5, 5.41) is 4.89. The molecule has 0 aliphatic carbocycles. The highest BCUT2D eigenvalue weighted by molar-refractivity contribution is 5.97. The summed E-state index contributed by atoms with van der Waals surface area (Å²) in [6.45, 7) is 8.00. The summed E-state index contributed by atoms with van der Waals surface area (Å²) < 4.78 is 0. The molecule has 0 nitrogen and oxygen atoms in total. The molecule has 0 atom stereocenters. The zero-order valence-corrected chi connectivity index (χ0v) is 11.6. The van der Waals surface area contributed by atoms with Crippen LogP contribution in [-0.4, -0.2) is 0 Å². The van der Waals surface area contributed by atoms with Gasteiger partial charge in [0.05, 0.1) is 0 Å². The molecule has 0 spiro atoms. The Morgan fingerprint density at radius 1 is 0.722 bits per heavy atom. The summed E-state index contributed by atoms with van der Waals surface area (Å²) in [6, 6.07) is 22.8. The van der Waals surface area contributed by atoms with E-state index >= 15 is 0 Å². The molecule has 0 bridgehead atoms. The Bertz CT molecular complexity index is 489. The zero-order chi connectivity index (χ0) is 13.4. The van der Waals surface area contributed by atoms with Gasteiger partial charge in [-0.1, -0.05) is 64.1 Å². The van der Waals surface area contributed by atoms with Crippen LogP contribution in [0.2, 0.25) is 0 Å². The molecule has 0 radical (unpaired) electrons. The maximum absolute atomic E-state index is 3.12. The first-order chi connectivity index (χ1) is 8.93. The van der Waals surface area contributed by atoms with Crippen LogP contribution >= 0.6 is 0 Å². The minimum Gasteiger partial charge on any atom is -0.0696 e. The van der Waals surface area contributed by atoms with Crippen molar-refractivity contribution in [1.82, 2.24) is 0 Å². The summed E-state index contributed by atoms with van der Waals surface area (Å²) >= 11 is 0. The van der Waals surface area contributed by atoms with Gasteiger partial charge >= 0.3 is 0 Å². The van der Waals surface area contributed by atoms with Gasteiger partial charge in [0.2, 0.25) is 0 Å². The number of hydrogen-bond acceptors (Lipinski definition) is 0. The largest absolute Gasteiger partial charge is 0.0696 e. The maximum atomic E-state index is 3.12. The molecule has 0 saturated heterocycles. The molecule has 0 fully saturated rings. The van der Waals surface area contributed by atoms with E-state index in [9.17, 15) is 0 Å². The molecule has 0 heterocycles. The number of fused-ring (bicyclic) bond motifs is 2. The van der Waals surface area contributed by atoms with Crippen molar-refractivity contribution in [3.8, 4) is 0 Å². The van der Waals surface area contributed by atoms with E-state index < -0.39 is 0 Å². The van der Waals surface area contributed by atoms with Gasteiger partial charge in [0.25, 0.3) is 0 Å². The minimum absolute atomic E-state index is 1.13. The first kappa shape index (κ1) is 14.1. The van der Waals surface area contributed by atoms with Crippen molar-refractivity contribution in [2.75, 3.05) is 0 Å². The van der Waals surface area contributed by atoms with Crippen LogP contribution in [0.25, 0.3) is 21.5 Å². The fourth-order valence-corrected chi connectivity index (χ4v) is 1.75. The van der Waals surface area contributed by atoms with E-state index in [0.29, 0.717) is 0 Å². The van der Waals surface area contributed by atoms with Gasteiger partial charge in [0.1, 0.15) is 0 Å². The molecule has 0 N–H and O–H groups in total. The van der Waals surface area contributed by atoms with Crippen molar-refractivity contribution in [1.29, 1.82) is 0 Å². The van der Waals surface area contributed by atoms with Crippen molar-refractivity contribution >= 4 is 21.5 Å².